The first kappa shape index (κ1) is 13.9. The number of hydrogen-bond donors (Lipinski definition) is 1. The lowest BCUT2D eigenvalue weighted by Gasteiger charge is -2.15. The molecule has 0 aliphatic rings. The predicted molar refractivity (Wildman–Crippen MR) is 79.6 cm³/mol. The highest BCUT2D eigenvalue weighted by molar-refractivity contribution is 6.31. The number of nitrogens with two attached hydrogens (primary N) is 1. The van der Waals surface area contributed by atoms with Crippen molar-refractivity contribution in [2.45, 2.75) is 26.5 Å². The third-order valence-corrected chi connectivity index (χ3v) is 3.37. The topological polar surface area (TPSA) is 35.2 Å². The van der Waals surface area contributed by atoms with Crippen molar-refractivity contribution in [2.75, 3.05) is 0 Å². The van der Waals surface area contributed by atoms with Crippen LogP contribution in [-0.4, -0.2) is 0 Å². The van der Waals surface area contributed by atoms with Crippen molar-refractivity contribution in [2.24, 2.45) is 5.73 Å². The summed E-state index contributed by atoms with van der Waals surface area (Å²) in [6.45, 7) is 4.43. The molecule has 0 bridgehead atoms. The largest absolute Gasteiger partial charge is 0.488 e. The van der Waals surface area contributed by atoms with Gasteiger partial charge in [-0.2, -0.15) is 0 Å². The summed E-state index contributed by atoms with van der Waals surface area (Å²) in [5.74, 6) is 0.829. The van der Waals surface area contributed by atoms with E-state index in [1.165, 1.54) is 0 Å². The van der Waals surface area contributed by atoms with Crippen LogP contribution < -0.4 is 10.5 Å². The molecular formula is C16H18ClNO. The Balaban J connectivity index is 2.19. The van der Waals surface area contributed by atoms with E-state index in [1.807, 2.05) is 56.3 Å². The maximum atomic E-state index is 6.12. The van der Waals surface area contributed by atoms with E-state index < -0.39 is 0 Å². The second-order valence-electron chi connectivity index (χ2n) is 4.71. The third-order valence-electron chi connectivity index (χ3n) is 3.00. The van der Waals surface area contributed by atoms with Crippen LogP contribution in [0.5, 0.6) is 5.75 Å². The molecule has 0 fully saturated rings. The zero-order valence-corrected chi connectivity index (χ0v) is 11.9. The number of aryl methyl sites for hydroxylation is 1. The maximum absolute atomic E-state index is 6.12. The zero-order valence-electron chi connectivity index (χ0n) is 11.2. The van der Waals surface area contributed by atoms with Gasteiger partial charge in [-0.05, 0) is 31.5 Å². The Kier molecular flexibility index (Phi) is 4.46. The Labute approximate surface area is 119 Å². The summed E-state index contributed by atoms with van der Waals surface area (Å²) >= 11 is 6.12. The van der Waals surface area contributed by atoms with E-state index in [0.717, 1.165) is 27.5 Å². The first-order chi connectivity index (χ1) is 9.08. The van der Waals surface area contributed by atoms with Gasteiger partial charge in [0.25, 0.3) is 0 Å². The van der Waals surface area contributed by atoms with Crippen molar-refractivity contribution in [3.63, 3.8) is 0 Å². The van der Waals surface area contributed by atoms with E-state index in [2.05, 4.69) is 0 Å². The van der Waals surface area contributed by atoms with Crippen LogP contribution in [0, 0.1) is 6.92 Å². The van der Waals surface area contributed by atoms with Gasteiger partial charge in [0, 0.05) is 22.2 Å². The number of halogens is 1. The van der Waals surface area contributed by atoms with Crippen LogP contribution in [0.25, 0.3) is 0 Å². The molecule has 0 saturated carbocycles. The molecule has 0 aromatic heterocycles. The number of rotatable bonds is 4. The molecule has 2 aromatic carbocycles. The van der Waals surface area contributed by atoms with E-state index in [4.69, 9.17) is 22.1 Å². The highest BCUT2D eigenvalue weighted by Crippen LogP contribution is 2.26. The van der Waals surface area contributed by atoms with Crippen molar-refractivity contribution in [1.29, 1.82) is 0 Å². The molecule has 0 spiro atoms. The molecule has 0 amide bonds. The fourth-order valence-corrected chi connectivity index (χ4v) is 2.10. The molecule has 0 heterocycles. The normalized spacial score (nSPS) is 12.2. The lowest BCUT2D eigenvalue weighted by Crippen LogP contribution is -2.08. The highest BCUT2D eigenvalue weighted by Gasteiger charge is 2.09. The van der Waals surface area contributed by atoms with Gasteiger partial charge in [-0.1, -0.05) is 41.9 Å². The average molecular weight is 276 g/mol. The SMILES string of the molecule is Cc1ccc([C@H](C)N)c(OCc2ccccc2Cl)c1. The lowest BCUT2D eigenvalue weighted by molar-refractivity contribution is 0.301. The molecule has 0 aliphatic heterocycles. The number of benzene rings is 2. The summed E-state index contributed by atoms with van der Waals surface area (Å²) in [5, 5.41) is 0.720. The van der Waals surface area contributed by atoms with Crippen molar-refractivity contribution < 1.29 is 4.74 Å². The second-order valence-corrected chi connectivity index (χ2v) is 5.12. The van der Waals surface area contributed by atoms with Crippen molar-refractivity contribution in [3.8, 4) is 5.75 Å². The molecule has 0 radical (unpaired) electrons. The Morgan fingerprint density at radius 3 is 2.63 bits per heavy atom. The van der Waals surface area contributed by atoms with Gasteiger partial charge in [-0.15, -0.1) is 0 Å². The molecule has 2 nitrogen and oxygen atoms in total. The van der Waals surface area contributed by atoms with Crippen LogP contribution in [-0.2, 0) is 6.61 Å². The molecule has 2 aromatic rings. The van der Waals surface area contributed by atoms with Gasteiger partial charge in [-0.25, -0.2) is 0 Å². The molecule has 3 heteroatoms. The fourth-order valence-electron chi connectivity index (χ4n) is 1.91. The molecule has 19 heavy (non-hydrogen) atoms. The molecule has 0 saturated heterocycles. The molecule has 0 unspecified atom stereocenters. The average Bonchev–Trinajstić information content (AvgIpc) is 2.37. The molecule has 0 aliphatic carbocycles. The van der Waals surface area contributed by atoms with Gasteiger partial charge >= 0.3 is 0 Å². The number of ether oxygens (including phenoxy) is 1. The Morgan fingerprint density at radius 2 is 1.95 bits per heavy atom. The molecule has 2 rings (SSSR count). The van der Waals surface area contributed by atoms with Gasteiger partial charge in [-0.3, -0.25) is 0 Å². The fraction of sp³-hybridized carbons (Fsp3) is 0.250. The monoisotopic (exact) mass is 275 g/mol. The summed E-state index contributed by atoms with van der Waals surface area (Å²) in [6, 6.07) is 13.7. The number of hydrogen-bond acceptors (Lipinski definition) is 2. The van der Waals surface area contributed by atoms with Gasteiger partial charge in [0.1, 0.15) is 12.4 Å². The lowest BCUT2D eigenvalue weighted by atomic mass is 10.1. The highest BCUT2D eigenvalue weighted by atomic mass is 35.5. The first-order valence-electron chi connectivity index (χ1n) is 6.30. The van der Waals surface area contributed by atoms with Gasteiger partial charge in [0.15, 0.2) is 0 Å². The van der Waals surface area contributed by atoms with Gasteiger partial charge < -0.3 is 10.5 Å². The summed E-state index contributed by atoms with van der Waals surface area (Å²) in [5.41, 5.74) is 9.09. The smallest absolute Gasteiger partial charge is 0.124 e. The van der Waals surface area contributed by atoms with Crippen molar-refractivity contribution in [3.05, 3.63) is 64.2 Å². The minimum Gasteiger partial charge on any atom is -0.488 e. The Bertz CT molecular complexity index is 566. The first-order valence-corrected chi connectivity index (χ1v) is 6.68. The van der Waals surface area contributed by atoms with E-state index >= 15 is 0 Å². The summed E-state index contributed by atoms with van der Waals surface area (Å²) in [6.07, 6.45) is 0. The minimum atomic E-state index is -0.0538. The predicted octanol–water partition coefficient (Wildman–Crippen LogP) is 4.25. The van der Waals surface area contributed by atoms with E-state index in [9.17, 15) is 0 Å². The molecular weight excluding hydrogens is 258 g/mol. The van der Waals surface area contributed by atoms with Crippen molar-refractivity contribution >= 4 is 11.6 Å². The van der Waals surface area contributed by atoms with Gasteiger partial charge in [0.2, 0.25) is 0 Å². The molecule has 1 atom stereocenters. The maximum Gasteiger partial charge on any atom is 0.124 e. The quantitative estimate of drug-likeness (QED) is 0.905. The van der Waals surface area contributed by atoms with E-state index in [0.29, 0.717) is 6.61 Å². The minimum absolute atomic E-state index is 0.0538. The summed E-state index contributed by atoms with van der Waals surface area (Å²) in [7, 11) is 0. The van der Waals surface area contributed by atoms with Crippen LogP contribution in [0.2, 0.25) is 5.02 Å². The third kappa shape index (κ3) is 3.49. The van der Waals surface area contributed by atoms with Crippen LogP contribution >= 0.6 is 11.6 Å². The van der Waals surface area contributed by atoms with E-state index in [1.54, 1.807) is 0 Å². The summed E-state index contributed by atoms with van der Waals surface area (Å²) in [4.78, 5) is 0. The second kappa shape index (κ2) is 6.09. The molecule has 2 N–H and O–H groups in total. The van der Waals surface area contributed by atoms with Crippen molar-refractivity contribution in [1.82, 2.24) is 0 Å². The van der Waals surface area contributed by atoms with Crippen LogP contribution in [0.3, 0.4) is 0 Å². The van der Waals surface area contributed by atoms with Crippen LogP contribution in [0.1, 0.15) is 29.7 Å². The standard InChI is InChI=1S/C16H18ClNO/c1-11-7-8-14(12(2)18)16(9-11)19-10-13-5-3-4-6-15(13)17/h3-9,12H,10,18H2,1-2H3/t12-/m0/s1. The van der Waals surface area contributed by atoms with Gasteiger partial charge in [0.05, 0.1) is 0 Å². The Morgan fingerprint density at radius 1 is 1.21 bits per heavy atom. The zero-order chi connectivity index (χ0) is 13.8. The van der Waals surface area contributed by atoms with Crippen LogP contribution in [0.4, 0.5) is 0 Å². The Hall–Kier alpha value is -1.51. The van der Waals surface area contributed by atoms with E-state index in [-0.39, 0.29) is 6.04 Å². The molecule has 100 valence electrons. The van der Waals surface area contributed by atoms with Crippen LogP contribution in [0.15, 0.2) is 42.5 Å². The summed E-state index contributed by atoms with van der Waals surface area (Å²) < 4.78 is 5.88.